The molecule has 3 aromatic rings. The summed E-state index contributed by atoms with van der Waals surface area (Å²) >= 11 is 0. The van der Waals surface area contributed by atoms with Crippen molar-refractivity contribution in [1.82, 2.24) is 0 Å². The Morgan fingerprint density at radius 1 is 0.926 bits per heavy atom. The largest absolute Gasteiger partial charge is 0.396 e. The van der Waals surface area contributed by atoms with Crippen LogP contribution >= 0.6 is 0 Å². The predicted octanol–water partition coefficient (Wildman–Crippen LogP) is 4.88. The molecular weight excluding hydrogens is 334 g/mol. The van der Waals surface area contributed by atoms with E-state index in [1.165, 1.54) is 0 Å². The normalized spacial score (nSPS) is 12.5. The van der Waals surface area contributed by atoms with Crippen molar-refractivity contribution < 1.29 is 9.90 Å². The van der Waals surface area contributed by atoms with Gasteiger partial charge in [0.25, 0.3) is 0 Å². The van der Waals surface area contributed by atoms with Crippen molar-refractivity contribution in [3.63, 3.8) is 0 Å². The highest BCUT2D eigenvalue weighted by Gasteiger charge is 2.29. The number of aliphatic hydroxyl groups is 1. The van der Waals surface area contributed by atoms with Gasteiger partial charge in [0.15, 0.2) is 5.78 Å². The Bertz CT molecular complexity index is 1050. The molecule has 3 heteroatoms. The Morgan fingerprint density at radius 3 is 2.33 bits per heavy atom. The maximum atomic E-state index is 13.2. The molecular formula is C24H21NO2. The van der Waals surface area contributed by atoms with Gasteiger partial charge in [0.1, 0.15) is 0 Å². The molecule has 1 aliphatic carbocycles. The zero-order valence-corrected chi connectivity index (χ0v) is 15.3. The van der Waals surface area contributed by atoms with E-state index in [9.17, 15) is 4.79 Å². The number of ketones is 1. The number of nitrogens with one attached hydrogen (secondary N) is 1. The van der Waals surface area contributed by atoms with E-state index in [4.69, 9.17) is 5.11 Å². The third-order valence-corrected chi connectivity index (χ3v) is 5.07. The lowest BCUT2D eigenvalue weighted by Crippen LogP contribution is -2.17. The van der Waals surface area contributed by atoms with Gasteiger partial charge in [-0.25, -0.2) is 0 Å². The van der Waals surface area contributed by atoms with Crippen LogP contribution in [0.25, 0.3) is 5.57 Å². The zero-order valence-electron chi connectivity index (χ0n) is 15.3. The summed E-state index contributed by atoms with van der Waals surface area (Å²) in [5.41, 5.74) is 7.89. The topological polar surface area (TPSA) is 49.3 Å². The number of rotatable bonds is 4. The summed E-state index contributed by atoms with van der Waals surface area (Å²) in [6.07, 6.45) is 0.634. The molecule has 2 N–H and O–H groups in total. The molecule has 0 aromatic heterocycles. The van der Waals surface area contributed by atoms with Crippen molar-refractivity contribution in [1.29, 1.82) is 0 Å². The van der Waals surface area contributed by atoms with Crippen LogP contribution in [0.3, 0.4) is 0 Å². The van der Waals surface area contributed by atoms with Crippen LogP contribution in [0.4, 0.5) is 11.4 Å². The Kier molecular flexibility index (Phi) is 4.38. The second kappa shape index (κ2) is 6.86. The molecule has 4 rings (SSSR count). The molecule has 0 bridgehead atoms. The molecule has 27 heavy (non-hydrogen) atoms. The van der Waals surface area contributed by atoms with E-state index in [-0.39, 0.29) is 12.4 Å². The lowest BCUT2D eigenvalue weighted by atomic mass is 9.79. The standard InChI is InChI=1S/C24H21NO2/c1-15-7-12-21(25-18-10-8-17(9-11-18)13-14-26)23-22(15)16(2)19-5-3-4-6-20(19)24(23)27/h3-12,25-26H,2,13-14H2,1H3. The van der Waals surface area contributed by atoms with E-state index in [0.29, 0.717) is 17.5 Å². The molecule has 3 nitrogen and oxygen atoms in total. The van der Waals surface area contributed by atoms with Crippen molar-refractivity contribution in [2.75, 3.05) is 11.9 Å². The second-order valence-electron chi connectivity index (χ2n) is 6.83. The van der Waals surface area contributed by atoms with Crippen molar-refractivity contribution in [3.8, 4) is 0 Å². The van der Waals surface area contributed by atoms with Crippen LogP contribution in [0.15, 0.2) is 67.2 Å². The van der Waals surface area contributed by atoms with Gasteiger partial charge in [-0.1, -0.05) is 49.0 Å². The van der Waals surface area contributed by atoms with E-state index in [1.54, 1.807) is 0 Å². The Hall–Kier alpha value is -3.17. The van der Waals surface area contributed by atoms with Gasteiger partial charge < -0.3 is 10.4 Å². The first-order valence-corrected chi connectivity index (χ1v) is 9.04. The highest BCUT2D eigenvalue weighted by Crippen LogP contribution is 2.40. The first-order chi connectivity index (χ1) is 13.1. The summed E-state index contributed by atoms with van der Waals surface area (Å²) in [7, 11) is 0. The molecule has 0 saturated carbocycles. The molecule has 0 atom stereocenters. The minimum absolute atomic E-state index is 0.0242. The summed E-state index contributed by atoms with van der Waals surface area (Å²) in [4.78, 5) is 13.2. The third-order valence-electron chi connectivity index (χ3n) is 5.07. The summed E-state index contributed by atoms with van der Waals surface area (Å²) in [5.74, 6) is 0.0242. The van der Waals surface area contributed by atoms with Gasteiger partial charge in [0.05, 0.1) is 11.3 Å². The number of hydrogen-bond acceptors (Lipinski definition) is 3. The summed E-state index contributed by atoms with van der Waals surface area (Å²) in [6, 6.07) is 19.5. The van der Waals surface area contributed by atoms with Crippen molar-refractivity contribution in [2.24, 2.45) is 0 Å². The van der Waals surface area contributed by atoms with Gasteiger partial charge in [-0.15, -0.1) is 0 Å². The summed E-state index contributed by atoms with van der Waals surface area (Å²) in [6.45, 7) is 6.41. The minimum atomic E-state index is 0.0242. The van der Waals surface area contributed by atoms with Crippen LogP contribution in [-0.2, 0) is 6.42 Å². The maximum Gasteiger partial charge on any atom is 0.196 e. The van der Waals surface area contributed by atoms with Gasteiger partial charge in [-0.2, -0.15) is 0 Å². The quantitative estimate of drug-likeness (QED) is 0.548. The fourth-order valence-corrected chi connectivity index (χ4v) is 3.69. The fourth-order valence-electron chi connectivity index (χ4n) is 3.69. The third kappa shape index (κ3) is 2.96. The lowest BCUT2D eigenvalue weighted by Gasteiger charge is -2.25. The molecule has 0 fully saturated rings. The average molecular weight is 355 g/mol. The molecule has 3 aromatic carbocycles. The Balaban J connectivity index is 1.78. The van der Waals surface area contributed by atoms with Crippen LogP contribution in [0.2, 0.25) is 0 Å². The van der Waals surface area contributed by atoms with Gasteiger partial charge in [0.2, 0.25) is 0 Å². The molecule has 0 spiro atoms. The average Bonchev–Trinajstić information content (AvgIpc) is 2.69. The van der Waals surface area contributed by atoms with Gasteiger partial charge >= 0.3 is 0 Å². The molecule has 0 radical (unpaired) electrons. The first-order valence-electron chi connectivity index (χ1n) is 9.04. The van der Waals surface area contributed by atoms with Crippen molar-refractivity contribution in [2.45, 2.75) is 13.3 Å². The fraction of sp³-hybridized carbons (Fsp3) is 0.125. The van der Waals surface area contributed by atoms with E-state index >= 15 is 0 Å². The van der Waals surface area contributed by atoms with Crippen molar-refractivity contribution >= 4 is 22.7 Å². The number of fused-ring (bicyclic) bond motifs is 2. The highest BCUT2D eigenvalue weighted by atomic mass is 16.2. The predicted molar refractivity (Wildman–Crippen MR) is 110 cm³/mol. The molecule has 0 aliphatic heterocycles. The molecule has 0 heterocycles. The summed E-state index contributed by atoms with van der Waals surface area (Å²) in [5, 5.41) is 12.4. The maximum absolute atomic E-state index is 13.2. The number of benzene rings is 3. The smallest absolute Gasteiger partial charge is 0.196 e. The number of aryl methyl sites for hydroxylation is 1. The molecule has 0 amide bonds. The van der Waals surface area contributed by atoms with Crippen LogP contribution in [0, 0.1) is 6.92 Å². The number of aliphatic hydroxyl groups excluding tert-OH is 1. The van der Waals surface area contributed by atoms with Crippen LogP contribution in [0.1, 0.15) is 38.2 Å². The first kappa shape index (κ1) is 17.3. The van der Waals surface area contributed by atoms with Crippen LogP contribution in [-0.4, -0.2) is 17.5 Å². The molecule has 0 unspecified atom stereocenters. The number of carbonyl (C=O) groups is 1. The second-order valence-corrected chi connectivity index (χ2v) is 6.83. The van der Waals surface area contributed by atoms with E-state index < -0.39 is 0 Å². The monoisotopic (exact) mass is 355 g/mol. The van der Waals surface area contributed by atoms with Crippen LogP contribution < -0.4 is 5.32 Å². The van der Waals surface area contributed by atoms with Gasteiger partial charge in [0, 0.05) is 17.9 Å². The highest BCUT2D eigenvalue weighted by molar-refractivity contribution is 6.21. The van der Waals surface area contributed by atoms with Gasteiger partial charge in [-0.05, 0) is 59.4 Å². The Labute approximate surface area is 159 Å². The molecule has 1 aliphatic rings. The lowest BCUT2D eigenvalue weighted by molar-refractivity contribution is 0.103. The molecule has 0 saturated heterocycles. The van der Waals surface area contributed by atoms with E-state index in [1.807, 2.05) is 67.6 Å². The van der Waals surface area contributed by atoms with Crippen molar-refractivity contribution in [3.05, 3.63) is 101 Å². The van der Waals surface area contributed by atoms with Gasteiger partial charge in [-0.3, -0.25) is 4.79 Å². The van der Waals surface area contributed by atoms with Crippen LogP contribution in [0.5, 0.6) is 0 Å². The SMILES string of the molecule is C=C1c2ccccc2C(=O)c2c(Nc3ccc(CCO)cc3)ccc(C)c21. The molecule has 134 valence electrons. The Morgan fingerprint density at radius 2 is 1.63 bits per heavy atom. The number of carbonyl (C=O) groups excluding carboxylic acids is 1. The van der Waals surface area contributed by atoms with E-state index in [2.05, 4.69) is 11.9 Å². The summed E-state index contributed by atoms with van der Waals surface area (Å²) < 4.78 is 0. The van der Waals surface area contributed by atoms with E-state index in [0.717, 1.165) is 39.2 Å². The number of hydrogen-bond donors (Lipinski definition) is 2. The zero-order chi connectivity index (χ0) is 19.0. The number of anilines is 2. The minimum Gasteiger partial charge on any atom is -0.396 e.